The van der Waals surface area contributed by atoms with Gasteiger partial charge < -0.3 is 19.7 Å². The molecule has 2 saturated carbocycles. The summed E-state index contributed by atoms with van der Waals surface area (Å²) in [7, 11) is 0. The van der Waals surface area contributed by atoms with Gasteiger partial charge in [0.2, 0.25) is 0 Å². The summed E-state index contributed by atoms with van der Waals surface area (Å²) >= 11 is 0. The molecule has 2 fully saturated rings. The predicted molar refractivity (Wildman–Crippen MR) is 152 cm³/mol. The van der Waals surface area contributed by atoms with E-state index in [1.54, 1.807) is 0 Å². The summed E-state index contributed by atoms with van der Waals surface area (Å²) in [5, 5.41) is 18.7. The van der Waals surface area contributed by atoms with Gasteiger partial charge in [0.1, 0.15) is 11.5 Å². The van der Waals surface area contributed by atoms with Crippen molar-refractivity contribution in [1.82, 2.24) is 0 Å². The second kappa shape index (κ2) is 14.6. The van der Waals surface area contributed by atoms with Crippen molar-refractivity contribution < 1.29 is 29.3 Å². The van der Waals surface area contributed by atoms with Crippen LogP contribution in [0.2, 0.25) is 0 Å². The highest BCUT2D eigenvalue weighted by Gasteiger charge is 2.58. The number of Topliss-reactive ketones (excluding diaryl/α,β-unsaturated/α-hetero) is 1. The Hall–Kier alpha value is -1.92. The van der Waals surface area contributed by atoms with Crippen LogP contribution in [0.25, 0.3) is 0 Å². The highest BCUT2D eigenvalue weighted by molar-refractivity contribution is 5.87. The van der Waals surface area contributed by atoms with E-state index >= 15 is 0 Å². The maximum atomic E-state index is 13.0. The summed E-state index contributed by atoms with van der Waals surface area (Å²) in [6.45, 7) is 4.27. The fraction of sp³-hybridized carbons (Fsp3) is 0.758. The van der Waals surface area contributed by atoms with Crippen molar-refractivity contribution in [3.05, 3.63) is 29.3 Å². The SMILES string of the molecule is C[C@]12C[C@H](OCCCCCCCCCCCOCCCC(=O)O)[C@@H]3c4ccc(O)cc4CC[C@H]3[C@@H]1CCC2=O. The molecule has 0 aliphatic heterocycles. The summed E-state index contributed by atoms with van der Waals surface area (Å²) in [5.74, 6) is 1.35. The van der Waals surface area contributed by atoms with Gasteiger partial charge in [-0.25, -0.2) is 0 Å². The first-order valence-corrected chi connectivity index (χ1v) is 15.7. The number of carbonyl (C=O) groups is 2. The molecule has 0 unspecified atom stereocenters. The lowest BCUT2D eigenvalue weighted by molar-refractivity contribution is -0.137. The second-order valence-corrected chi connectivity index (χ2v) is 12.5. The molecule has 4 rings (SSSR count). The number of carboxylic acid groups (broad SMARTS) is 1. The summed E-state index contributed by atoms with van der Waals surface area (Å²) in [5.41, 5.74) is 2.38. The standard InChI is InChI=1S/C33H50O6/c1-33-23-29(39-21-10-8-6-4-2-3-5-7-9-19-38-20-11-12-31(36)37)32-26-16-14-25(34)22-24(26)13-15-27(32)28(33)17-18-30(33)35/h14,16,22,27-29,32,34H,2-13,15,17-21,23H2,1H3,(H,36,37)/t27-,28-,29-,32+,33-/m0/s1. The molecule has 6 heteroatoms. The first-order chi connectivity index (χ1) is 18.9. The number of phenolic OH excluding ortho intramolecular Hbond substituents is 1. The van der Waals surface area contributed by atoms with E-state index in [1.165, 1.54) is 56.1 Å². The Labute approximate surface area is 234 Å². The molecule has 2 N–H and O–H groups in total. The van der Waals surface area contributed by atoms with Gasteiger partial charge in [0.05, 0.1) is 6.10 Å². The summed E-state index contributed by atoms with van der Waals surface area (Å²) < 4.78 is 12.1. The Bertz CT molecular complexity index is 944. The smallest absolute Gasteiger partial charge is 0.303 e. The molecule has 3 aliphatic carbocycles. The minimum absolute atomic E-state index is 0.0861. The van der Waals surface area contributed by atoms with Gasteiger partial charge >= 0.3 is 5.97 Å². The lowest BCUT2D eigenvalue weighted by atomic mass is 9.54. The van der Waals surface area contributed by atoms with Gasteiger partial charge in [0, 0.05) is 44.0 Å². The van der Waals surface area contributed by atoms with E-state index in [2.05, 4.69) is 13.0 Å². The number of hydrogen-bond acceptors (Lipinski definition) is 5. The molecule has 6 nitrogen and oxygen atoms in total. The Kier molecular flexibility index (Phi) is 11.3. The van der Waals surface area contributed by atoms with Crippen molar-refractivity contribution in [3.8, 4) is 5.75 Å². The van der Waals surface area contributed by atoms with E-state index in [9.17, 15) is 14.7 Å². The molecule has 0 radical (unpaired) electrons. The normalized spacial score (nSPS) is 27.7. The van der Waals surface area contributed by atoms with Crippen molar-refractivity contribution in [1.29, 1.82) is 0 Å². The number of unbranched alkanes of at least 4 members (excludes halogenated alkanes) is 8. The van der Waals surface area contributed by atoms with Crippen LogP contribution in [0.1, 0.15) is 120 Å². The highest BCUT2D eigenvalue weighted by Crippen LogP contribution is 2.60. The minimum Gasteiger partial charge on any atom is -0.508 e. The molecule has 0 saturated heterocycles. The zero-order chi connectivity index (χ0) is 27.7. The quantitative estimate of drug-likeness (QED) is 0.202. The molecule has 1 aromatic rings. The lowest BCUT2D eigenvalue weighted by Gasteiger charge is -2.51. The molecule has 218 valence electrons. The van der Waals surface area contributed by atoms with E-state index in [0.29, 0.717) is 42.3 Å². The molecule has 0 amide bonds. The molecule has 0 aromatic heterocycles. The van der Waals surface area contributed by atoms with E-state index in [4.69, 9.17) is 14.6 Å². The number of hydrogen-bond donors (Lipinski definition) is 2. The number of aliphatic carboxylic acids is 1. The Balaban J connectivity index is 1.12. The predicted octanol–water partition coefficient (Wildman–Crippen LogP) is 7.20. The summed E-state index contributed by atoms with van der Waals surface area (Å²) in [6.07, 6.45) is 16.3. The van der Waals surface area contributed by atoms with Gasteiger partial charge in [-0.2, -0.15) is 0 Å². The van der Waals surface area contributed by atoms with Crippen LogP contribution < -0.4 is 0 Å². The molecule has 1 aromatic carbocycles. The number of rotatable bonds is 17. The molecule has 0 spiro atoms. The fourth-order valence-corrected chi connectivity index (χ4v) is 7.76. The third-order valence-electron chi connectivity index (χ3n) is 9.82. The molecule has 3 aliphatic rings. The third-order valence-corrected chi connectivity index (χ3v) is 9.82. The van der Waals surface area contributed by atoms with Crippen LogP contribution in [0.3, 0.4) is 0 Å². The van der Waals surface area contributed by atoms with Crippen LogP contribution in [0.15, 0.2) is 18.2 Å². The summed E-state index contributed by atoms with van der Waals surface area (Å²) in [4.78, 5) is 23.4. The lowest BCUT2D eigenvalue weighted by Crippen LogP contribution is -2.49. The van der Waals surface area contributed by atoms with Crippen LogP contribution >= 0.6 is 0 Å². The van der Waals surface area contributed by atoms with Crippen molar-refractivity contribution >= 4 is 11.8 Å². The minimum atomic E-state index is -0.754. The van der Waals surface area contributed by atoms with Gasteiger partial charge in [-0.05, 0) is 80.0 Å². The van der Waals surface area contributed by atoms with Gasteiger partial charge in [0.15, 0.2) is 0 Å². The molecule has 0 heterocycles. The maximum Gasteiger partial charge on any atom is 0.303 e. The number of benzene rings is 1. The monoisotopic (exact) mass is 542 g/mol. The largest absolute Gasteiger partial charge is 0.508 e. The van der Waals surface area contributed by atoms with Crippen LogP contribution in [0.4, 0.5) is 0 Å². The Morgan fingerprint density at radius 1 is 0.923 bits per heavy atom. The number of ether oxygens (including phenoxy) is 2. The average molecular weight is 543 g/mol. The maximum absolute atomic E-state index is 13.0. The number of phenols is 1. The van der Waals surface area contributed by atoms with Crippen molar-refractivity contribution in [2.45, 2.75) is 122 Å². The number of carbonyl (C=O) groups excluding carboxylic acids is 1. The van der Waals surface area contributed by atoms with Crippen LogP contribution in [0.5, 0.6) is 5.75 Å². The number of aryl methyl sites for hydroxylation is 1. The fourth-order valence-electron chi connectivity index (χ4n) is 7.76. The Morgan fingerprint density at radius 3 is 2.31 bits per heavy atom. The van der Waals surface area contributed by atoms with E-state index in [1.807, 2.05) is 12.1 Å². The van der Waals surface area contributed by atoms with Gasteiger partial charge in [-0.3, -0.25) is 9.59 Å². The number of fused-ring (bicyclic) bond motifs is 5. The van der Waals surface area contributed by atoms with Gasteiger partial charge in [-0.15, -0.1) is 0 Å². The zero-order valence-electron chi connectivity index (χ0n) is 24.0. The second-order valence-electron chi connectivity index (χ2n) is 12.5. The number of carboxylic acids is 1. The van der Waals surface area contributed by atoms with E-state index in [0.717, 1.165) is 58.2 Å². The molecular formula is C33H50O6. The molecule has 5 atom stereocenters. The Morgan fingerprint density at radius 2 is 1.59 bits per heavy atom. The van der Waals surface area contributed by atoms with Crippen molar-refractivity contribution in [2.75, 3.05) is 19.8 Å². The topological polar surface area (TPSA) is 93.1 Å². The summed E-state index contributed by atoms with van der Waals surface area (Å²) in [6, 6.07) is 5.88. The highest BCUT2D eigenvalue weighted by atomic mass is 16.5. The van der Waals surface area contributed by atoms with Crippen molar-refractivity contribution in [2.24, 2.45) is 17.3 Å². The van der Waals surface area contributed by atoms with Gasteiger partial charge in [-0.1, -0.05) is 57.9 Å². The van der Waals surface area contributed by atoms with E-state index < -0.39 is 5.97 Å². The van der Waals surface area contributed by atoms with Gasteiger partial charge in [0.25, 0.3) is 0 Å². The van der Waals surface area contributed by atoms with E-state index in [-0.39, 0.29) is 17.9 Å². The first kappa shape index (κ1) is 30.0. The van der Waals surface area contributed by atoms with Crippen LogP contribution in [-0.4, -0.2) is 47.9 Å². The molecule has 39 heavy (non-hydrogen) atoms. The number of aromatic hydroxyl groups is 1. The molecular weight excluding hydrogens is 492 g/mol. The van der Waals surface area contributed by atoms with Crippen LogP contribution in [0, 0.1) is 17.3 Å². The third kappa shape index (κ3) is 7.85. The number of ketones is 1. The first-order valence-electron chi connectivity index (χ1n) is 15.7. The molecule has 0 bridgehead atoms. The van der Waals surface area contributed by atoms with Crippen molar-refractivity contribution in [3.63, 3.8) is 0 Å². The zero-order valence-corrected chi connectivity index (χ0v) is 24.0. The average Bonchev–Trinajstić information content (AvgIpc) is 3.21. The van der Waals surface area contributed by atoms with Crippen LogP contribution in [-0.2, 0) is 25.5 Å².